The first-order valence-electron chi connectivity index (χ1n) is 8.47. The highest BCUT2D eigenvalue weighted by Gasteiger charge is 2.26. The summed E-state index contributed by atoms with van der Waals surface area (Å²) in [5, 5.41) is 5.88. The first kappa shape index (κ1) is 20.6. The van der Waals surface area contributed by atoms with Crippen LogP contribution in [0, 0.1) is 0 Å². The summed E-state index contributed by atoms with van der Waals surface area (Å²) >= 11 is 6.17. The Hall–Kier alpha value is -3.13. The van der Waals surface area contributed by atoms with E-state index >= 15 is 0 Å². The van der Waals surface area contributed by atoms with Gasteiger partial charge in [-0.3, -0.25) is 4.79 Å². The number of benzene rings is 3. The normalized spacial score (nSPS) is 11.7. The molecular formula is C21H18ClN3O3S. The summed E-state index contributed by atoms with van der Waals surface area (Å²) < 4.78 is 24.6. The van der Waals surface area contributed by atoms with Gasteiger partial charge in [-0.2, -0.15) is 0 Å². The van der Waals surface area contributed by atoms with Gasteiger partial charge >= 0.3 is 0 Å². The van der Waals surface area contributed by atoms with Gasteiger partial charge in [-0.15, -0.1) is 0 Å². The minimum atomic E-state index is -4.31. The summed E-state index contributed by atoms with van der Waals surface area (Å²) in [5.74, 6) is -0.989. The molecule has 29 heavy (non-hydrogen) atoms. The van der Waals surface area contributed by atoms with Crippen LogP contribution in [0.3, 0.4) is 0 Å². The van der Waals surface area contributed by atoms with Gasteiger partial charge in [0, 0.05) is 10.6 Å². The van der Waals surface area contributed by atoms with Crippen molar-refractivity contribution in [2.75, 3.05) is 5.73 Å². The molecule has 0 heterocycles. The third-order valence-electron chi connectivity index (χ3n) is 4.31. The molecule has 148 valence electrons. The number of amides is 1. The molecule has 3 rings (SSSR count). The summed E-state index contributed by atoms with van der Waals surface area (Å²) in [6.07, 6.45) is 3.14. The van der Waals surface area contributed by atoms with Crippen LogP contribution in [0.5, 0.6) is 0 Å². The average Bonchev–Trinajstić information content (AvgIpc) is 2.67. The molecule has 0 bridgehead atoms. The fourth-order valence-electron chi connectivity index (χ4n) is 3.02. The Morgan fingerprint density at radius 3 is 2.10 bits per heavy atom. The number of sulfonamides is 1. The highest BCUT2D eigenvalue weighted by Crippen LogP contribution is 2.36. The van der Waals surface area contributed by atoms with E-state index in [4.69, 9.17) is 28.2 Å². The molecule has 0 saturated carbocycles. The Morgan fingerprint density at radius 1 is 0.931 bits per heavy atom. The summed E-state index contributed by atoms with van der Waals surface area (Å²) in [6.45, 7) is 0. The molecule has 0 radical (unpaired) electrons. The second-order valence-electron chi connectivity index (χ2n) is 6.26. The minimum Gasteiger partial charge on any atom is -0.398 e. The molecule has 0 aliphatic heterocycles. The van der Waals surface area contributed by atoms with Crippen LogP contribution in [0.25, 0.3) is 23.3 Å². The van der Waals surface area contributed by atoms with E-state index in [2.05, 4.69) is 0 Å². The molecule has 0 atom stereocenters. The van der Waals surface area contributed by atoms with Gasteiger partial charge in [0.05, 0.1) is 11.3 Å². The van der Waals surface area contributed by atoms with Crippen molar-refractivity contribution in [1.82, 2.24) is 0 Å². The lowest BCUT2D eigenvalue weighted by Gasteiger charge is -2.16. The lowest BCUT2D eigenvalue weighted by molar-refractivity contribution is 0.0998. The molecular weight excluding hydrogens is 410 g/mol. The predicted molar refractivity (Wildman–Crippen MR) is 117 cm³/mol. The molecule has 0 spiro atoms. The third kappa shape index (κ3) is 4.32. The number of nitrogens with two attached hydrogens (primary N) is 3. The predicted octanol–water partition coefficient (Wildman–Crippen LogP) is 3.51. The lowest BCUT2D eigenvalue weighted by atomic mass is 9.96. The van der Waals surface area contributed by atoms with E-state index in [0.717, 1.165) is 0 Å². The Kier molecular flexibility index (Phi) is 5.74. The van der Waals surface area contributed by atoms with Gasteiger partial charge in [-0.05, 0) is 28.8 Å². The van der Waals surface area contributed by atoms with Crippen molar-refractivity contribution in [1.29, 1.82) is 0 Å². The topological polar surface area (TPSA) is 129 Å². The maximum Gasteiger partial charge on any atom is 0.252 e. The van der Waals surface area contributed by atoms with Gasteiger partial charge in [0.1, 0.15) is 4.90 Å². The Bertz CT molecular complexity index is 1220. The number of hydrogen-bond acceptors (Lipinski definition) is 4. The SMILES string of the molecule is NC(=O)c1c(N)c(-c2ccccc2)cc(/C=C/c2ccccc2Cl)c1S(N)(=O)=O. The van der Waals surface area contributed by atoms with E-state index < -0.39 is 20.8 Å². The molecule has 0 saturated heterocycles. The Balaban J connectivity index is 2.35. The van der Waals surface area contributed by atoms with Crippen LogP contribution in [0.1, 0.15) is 21.5 Å². The number of primary amides is 1. The van der Waals surface area contributed by atoms with E-state index in [-0.39, 0.29) is 16.8 Å². The Labute approximate surface area is 173 Å². The number of carbonyl (C=O) groups is 1. The zero-order valence-electron chi connectivity index (χ0n) is 15.2. The second-order valence-corrected chi connectivity index (χ2v) is 8.17. The molecule has 0 fully saturated rings. The molecule has 3 aromatic rings. The van der Waals surface area contributed by atoms with Gasteiger partial charge in [0.2, 0.25) is 10.0 Å². The van der Waals surface area contributed by atoms with E-state index in [1.54, 1.807) is 60.7 Å². The number of hydrogen-bond donors (Lipinski definition) is 3. The number of anilines is 1. The third-order valence-corrected chi connectivity index (χ3v) is 5.67. The summed E-state index contributed by atoms with van der Waals surface area (Å²) in [4.78, 5) is 11.7. The van der Waals surface area contributed by atoms with Gasteiger partial charge in [0.25, 0.3) is 5.91 Å². The summed E-state index contributed by atoms with van der Waals surface area (Å²) in [6, 6.07) is 17.6. The highest BCUT2D eigenvalue weighted by molar-refractivity contribution is 7.89. The van der Waals surface area contributed by atoms with Crippen LogP contribution in [0.2, 0.25) is 5.02 Å². The van der Waals surface area contributed by atoms with Gasteiger partial charge in [-0.25, -0.2) is 13.6 Å². The van der Waals surface area contributed by atoms with Gasteiger partial charge < -0.3 is 11.5 Å². The van der Waals surface area contributed by atoms with E-state index in [0.29, 0.717) is 21.7 Å². The van der Waals surface area contributed by atoms with Crippen LogP contribution in [-0.2, 0) is 10.0 Å². The van der Waals surface area contributed by atoms with E-state index in [9.17, 15) is 13.2 Å². The standard InChI is InChI=1S/C21H18ClN3O3S/c22-17-9-5-4-8-14(17)10-11-15-12-16(13-6-2-1-3-7-13)19(23)18(21(24)26)20(15)29(25,27)28/h1-12H,23H2,(H2,24,26)(H2,25,27,28)/b11-10+. The summed E-state index contributed by atoms with van der Waals surface area (Å²) in [5.41, 5.74) is 13.2. The van der Waals surface area contributed by atoms with Crippen molar-refractivity contribution in [3.63, 3.8) is 0 Å². The smallest absolute Gasteiger partial charge is 0.252 e. The maximum absolute atomic E-state index is 12.3. The molecule has 8 heteroatoms. The van der Waals surface area contributed by atoms with E-state index in [1.165, 1.54) is 6.08 Å². The largest absolute Gasteiger partial charge is 0.398 e. The minimum absolute atomic E-state index is 0.0531. The quantitative estimate of drug-likeness (QED) is 0.425. The molecule has 6 N–H and O–H groups in total. The number of nitrogen functional groups attached to an aromatic ring is 1. The van der Waals surface area contributed by atoms with E-state index in [1.807, 2.05) is 6.07 Å². The van der Waals surface area contributed by atoms with Gasteiger partial charge in [0.15, 0.2) is 0 Å². The number of carbonyl (C=O) groups excluding carboxylic acids is 1. The van der Waals surface area contributed by atoms with Crippen molar-refractivity contribution in [3.8, 4) is 11.1 Å². The van der Waals surface area contributed by atoms with Crippen LogP contribution < -0.4 is 16.6 Å². The number of primary sulfonamides is 1. The first-order valence-corrected chi connectivity index (χ1v) is 10.4. The average molecular weight is 428 g/mol. The number of rotatable bonds is 5. The molecule has 6 nitrogen and oxygen atoms in total. The van der Waals surface area contributed by atoms with Crippen LogP contribution >= 0.6 is 11.6 Å². The zero-order chi connectivity index (χ0) is 21.2. The molecule has 0 unspecified atom stereocenters. The van der Waals surface area contributed by atoms with Crippen molar-refractivity contribution < 1.29 is 13.2 Å². The van der Waals surface area contributed by atoms with Crippen molar-refractivity contribution in [2.45, 2.75) is 4.90 Å². The fourth-order valence-corrected chi connectivity index (χ4v) is 4.17. The monoisotopic (exact) mass is 427 g/mol. The summed E-state index contributed by atoms with van der Waals surface area (Å²) in [7, 11) is -4.31. The second kappa shape index (κ2) is 8.08. The molecule has 1 amide bonds. The fraction of sp³-hybridized carbons (Fsp3) is 0. The first-order chi connectivity index (χ1) is 13.7. The Morgan fingerprint density at radius 2 is 1.52 bits per heavy atom. The van der Waals surface area contributed by atoms with Crippen molar-refractivity contribution in [2.24, 2.45) is 10.9 Å². The molecule has 3 aromatic carbocycles. The molecule has 0 aliphatic rings. The molecule has 0 aromatic heterocycles. The van der Waals surface area contributed by atoms with Crippen molar-refractivity contribution >= 4 is 45.4 Å². The van der Waals surface area contributed by atoms with Crippen LogP contribution in [0.4, 0.5) is 5.69 Å². The van der Waals surface area contributed by atoms with Crippen LogP contribution in [-0.4, -0.2) is 14.3 Å². The lowest BCUT2D eigenvalue weighted by Crippen LogP contribution is -2.23. The highest BCUT2D eigenvalue weighted by atomic mass is 35.5. The maximum atomic E-state index is 12.3. The van der Waals surface area contributed by atoms with Crippen LogP contribution in [0.15, 0.2) is 65.6 Å². The zero-order valence-corrected chi connectivity index (χ0v) is 16.7. The van der Waals surface area contributed by atoms with Crippen molar-refractivity contribution in [3.05, 3.63) is 82.4 Å². The number of halogens is 1. The molecule has 0 aliphatic carbocycles. The van der Waals surface area contributed by atoms with Gasteiger partial charge in [-0.1, -0.05) is 72.3 Å².